The van der Waals surface area contributed by atoms with Crippen molar-refractivity contribution in [1.82, 2.24) is 10.4 Å². The van der Waals surface area contributed by atoms with Gasteiger partial charge in [0, 0.05) is 6.20 Å². The first-order chi connectivity index (χ1) is 9.90. The Morgan fingerprint density at radius 2 is 1.95 bits per heavy atom. The van der Waals surface area contributed by atoms with E-state index in [0.717, 1.165) is 18.3 Å². The quantitative estimate of drug-likeness (QED) is 0.518. The average Bonchev–Trinajstić information content (AvgIpc) is 2.44. The minimum Gasteiger partial charge on any atom is -0.271 e. The van der Waals surface area contributed by atoms with E-state index in [1.807, 2.05) is 0 Å². The van der Waals surface area contributed by atoms with E-state index in [4.69, 9.17) is 5.84 Å². The molecule has 3 nitrogen and oxygen atoms in total. The molecule has 0 amide bonds. The largest absolute Gasteiger partial charge is 0.416 e. The number of rotatable bonds is 4. The summed E-state index contributed by atoms with van der Waals surface area (Å²) in [5.41, 5.74) is 2.64. The van der Waals surface area contributed by atoms with Gasteiger partial charge in [-0.15, -0.1) is 0 Å². The number of benzene rings is 1. The third-order valence-electron chi connectivity index (χ3n) is 3.02. The number of nitrogens with zero attached hydrogens (tertiary/aromatic N) is 1. The Bertz CT molecular complexity index is 613. The number of halogens is 4. The van der Waals surface area contributed by atoms with Gasteiger partial charge in [-0.25, -0.2) is 4.39 Å². The Labute approximate surface area is 118 Å². The maximum absolute atomic E-state index is 13.1. The maximum Gasteiger partial charge on any atom is 0.416 e. The van der Waals surface area contributed by atoms with Crippen LogP contribution in [-0.2, 0) is 12.6 Å². The molecule has 0 aliphatic carbocycles. The molecule has 0 saturated carbocycles. The van der Waals surface area contributed by atoms with Crippen molar-refractivity contribution >= 4 is 0 Å². The summed E-state index contributed by atoms with van der Waals surface area (Å²) < 4.78 is 51.1. The van der Waals surface area contributed by atoms with E-state index in [2.05, 4.69) is 10.4 Å². The van der Waals surface area contributed by atoms with Crippen molar-refractivity contribution in [2.45, 2.75) is 18.6 Å². The van der Waals surface area contributed by atoms with Gasteiger partial charge in [-0.1, -0.05) is 18.2 Å². The lowest BCUT2D eigenvalue weighted by Gasteiger charge is -2.17. The van der Waals surface area contributed by atoms with Crippen molar-refractivity contribution in [3.63, 3.8) is 0 Å². The topological polar surface area (TPSA) is 50.9 Å². The molecule has 0 bridgehead atoms. The monoisotopic (exact) mass is 299 g/mol. The van der Waals surface area contributed by atoms with Crippen LogP contribution in [0.1, 0.15) is 22.7 Å². The summed E-state index contributed by atoms with van der Waals surface area (Å²) in [6, 6.07) is 5.65. The standard InChI is InChI=1S/C14H13F4N3/c15-12-6-10(7-20-8-12)13(21-19)5-9-2-1-3-11(4-9)14(16,17)18/h1-4,6-8,13,21H,5,19H2. The van der Waals surface area contributed by atoms with E-state index < -0.39 is 23.6 Å². The number of aromatic nitrogens is 1. The molecule has 21 heavy (non-hydrogen) atoms. The summed E-state index contributed by atoms with van der Waals surface area (Å²) in [6.07, 6.45) is -1.75. The summed E-state index contributed by atoms with van der Waals surface area (Å²) in [5.74, 6) is 4.87. The van der Waals surface area contributed by atoms with Gasteiger partial charge < -0.3 is 0 Å². The number of nitrogens with two attached hydrogens (primary N) is 1. The van der Waals surface area contributed by atoms with Crippen LogP contribution < -0.4 is 11.3 Å². The van der Waals surface area contributed by atoms with Crippen LogP contribution in [0.25, 0.3) is 0 Å². The SMILES string of the molecule is NNC(Cc1cccc(C(F)(F)F)c1)c1cncc(F)c1. The van der Waals surface area contributed by atoms with Gasteiger partial charge >= 0.3 is 6.18 Å². The normalized spacial score (nSPS) is 13.2. The zero-order valence-corrected chi connectivity index (χ0v) is 10.9. The molecule has 0 fully saturated rings. The second-order valence-corrected chi connectivity index (χ2v) is 4.56. The Kier molecular flexibility index (Phi) is 4.54. The molecule has 1 unspecified atom stereocenters. The van der Waals surface area contributed by atoms with Crippen LogP contribution in [0.15, 0.2) is 42.7 Å². The van der Waals surface area contributed by atoms with Crippen LogP contribution in [0.2, 0.25) is 0 Å². The number of alkyl halides is 3. The highest BCUT2D eigenvalue weighted by atomic mass is 19.4. The van der Waals surface area contributed by atoms with E-state index in [1.54, 1.807) is 6.07 Å². The Hall–Kier alpha value is -1.99. The molecule has 1 heterocycles. The summed E-state index contributed by atoms with van der Waals surface area (Å²) in [6.45, 7) is 0. The fourth-order valence-corrected chi connectivity index (χ4v) is 2.00. The lowest BCUT2D eigenvalue weighted by molar-refractivity contribution is -0.137. The van der Waals surface area contributed by atoms with Gasteiger partial charge in [0.05, 0.1) is 17.8 Å². The van der Waals surface area contributed by atoms with E-state index in [-0.39, 0.29) is 6.42 Å². The molecule has 0 aliphatic heterocycles. The van der Waals surface area contributed by atoms with Crippen LogP contribution in [-0.4, -0.2) is 4.98 Å². The van der Waals surface area contributed by atoms with E-state index in [1.165, 1.54) is 18.3 Å². The first kappa shape index (κ1) is 15.4. The van der Waals surface area contributed by atoms with Gasteiger partial charge in [-0.2, -0.15) is 13.2 Å². The molecule has 1 atom stereocenters. The van der Waals surface area contributed by atoms with Crippen molar-refractivity contribution < 1.29 is 17.6 Å². The Balaban J connectivity index is 2.23. The van der Waals surface area contributed by atoms with Gasteiger partial charge in [0.15, 0.2) is 0 Å². The molecule has 2 rings (SSSR count). The second-order valence-electron chi connectivity index (χ2n) is 4.56. The smallest absolute Gasteiger partial charge is 0.271 e. The third-order valence-corrected chi connectivity index (χ3v) is 3.02. The molecular weight excluding hydrogens is 286 g/mol. The number of hydrazine groups is 1. The highest BCUT2D eigenvalue weighted by molar-refractivity contribution is 5.28. The molecule has 0 spiro atoms. The number of hydrogen-bond acceptors (Lipinski definition) is 3. The van der Waals surface area contributed by atoms with E-state index >= 15 is 0 Å². The van der Waals surface area contributed by atoms with Gasteiger partial charge in [-0.3, -0.25) is 16.3 Å². The van der Waals surface area contributed by atoms with Crippen molar-refractivity contribution in [3.05, 3.63) is 65.2 Å². The number of hydrogen-bond donors (Lipinski definition) is 2. The van der Waals surface area contributed by atoms with Crippen LogP contribution in [0, 0.1) is 5.82 Å². The minimum atomic E-state index is -4.40. The minimum absolute atomic E-state index is 0.186. The predicted octanol–water partition coefficient (Wildman–Crippen LogP) is 2.99. The first-order valence-electron chi connectivity index (χ1n) is 6.13. The van der Waals surface area contributed by atoms with Crippen LogP contribution in [0.5, 0.6) is 0 Å². The van der Waals surface area contributed by atoms with Crippen molar-refractivity contribution in [2.24, 2.45) is 5.84 Å². The average molecular weight is 299 g/mol. The van der Waals surface area contributed by atoms with Gasteiger partial charge in [0.2, 0.25) is 0 Å². The molecule has 1 aromatic carbocycles. The number of pyridine rings is 1. The summed E-state index contributed by atoms with van der Waals surface area (Å²) in [4.78, 5) is 3.70. The van der Waals surface area contributed by atoms with Crippen molar-refractivity contribution in [3.8, 4) is 0 Å². The molecule has 0 radical (unpaired) electrons. The molecule has 7 heteroatoms. The summed E-state index contributed by atoms with van der Waals surface area (Å²) in [5, 5.41) is 0. The molecule has 2 aromatic rings. The zero-order valence-electron chi connectivity index (χ0n) is 10.9. The molecule has 0 saturated heterocycles. The lowest BCUT2D eigenvalue weighted by Crippen LogP contribution is -2.29. The molecule has 0 aliphatic rings. The molecule has 112 valence electrons. The van der Waals surface area contributed by atoms with Gasteiger partial charge in [0.25, 0.3) is 0 Å². The van der Waals surface area contributed by atoms with E-state index in [9.17, 15) is 17.6 Å². The lowest BCUT2D eigenvalue weighted by atomic mass is 9.99. The van der Waals surface area contributed by atoms with Crippen molar-refractivity contribution in [1.29, 1.82) is 0 Å². The Morgan fingerprint density at radius 3 is 2.57 bits per heavy atom. The third kappa shape index (κ3) is 3.99. The highest BCUT2D eigenvalue weighted by Crippen LogP contribution is 2.30. The molecule has 3 N–H and O–H groups in total. The second kappa shape index (κ2) is 6.19. The van der Waals surface area contributed by atoms with Gasteiger partial charge in [0.1, 0.15) is 5.82 Å². The Morgan fingerprint density at radius 1 is 1.19 bits per heavy atom. The highest BCUT2D eigenvalue weighted by Gasteiger charge is 2.30. The summed E-state index contributed by atoms with van der Waals surface area (Å²) in [7, 11) is 0. The van der Waals surface area contributed by atoms with Crippen LogP contribution >= 0.6 is 0 Å². The zero-order chi connectivity index (χ0) is 15.5. The van der Waals surface area contributed by atoms with Crippen LogP contribution in [0.3, 0.4) is 0 Å². The van der Waals surface area contributed by atoms with Gasteiger partial charge in [-0.05, 0) is 29.7 Å². The predicted molar refractivity (Wildman–Crippen MR) is 69.4 cm³/mol. The van der Waals surface area contributed by atoms with Crippen LogP contribution in [0.4, 0.5) is 17.6 Å². The molecular formula is C14H13F4N3. The van der Waals surface area contributed by atoms with Crippen molar-refractivity contribution in [2.75, 3.05) is 0 Å². The number of nitrogens with one attached hydrogen (secondary N) is 1. The van der Waals surface area contributed by atoms with E-state index in [0.29, 0.717) is 11.1 Å². The maximum atomic E-state index is 13.1. The fraction of sp³-hybridized carbons (Fsp3) is 0.214. The fourth-order valence-electron chi connectivity index (χ4n) is 2.00. The molecule has 1 aromatic heterocycles. The first-order valence-corrected chi connectivity index (χ1v) is 6.13. The summed E-state index contributed by atoms with van der Waals surface area (Å²) >= 11 is 0.